The number of hydrogen-bond acceptors (Lipinski definition) is 4. The van der Waals surface area contributed by atoms with Crippen molar-refractivity contribution in [1.82, 2.24) is 0 Å². The Hall–Kier alpha value is -4.06. The van der Waals surface area contributed by atoms with E-state index in [1.807, 2.05) is 81.1 Å². The highest BCUT2D eigenvalue weighted by Gasteiger charge is 2.70. The first-order valence-electron chi connectivity index (χ1n) is 12.9. The van der Waals surface area contributed by atoms with Crippen molar-refractivity contribution in [2.75, 3.05) is 10.2 Å². The Labute approximate surface area is 221 Å². The van der Waals surface area contributed by atoms with E-state index in [2.05, 4.69) is 5.32 Å². The molecule has 0 aliphatic carbocycles. The molecule has 3 aliphatic rings. The molecule has 1 N–H and O–H groups in total. The minimum absolute atomic E-state index is 0.117. The highest BCUT2D eigenvalue weighted by Crippen LogP contribution is 2.58. The lowest BCUT2D eigenvalue weighted by Crippen LogP contribution is -2.51. The largest absolute Gasteiger partial charge is 0.352 e. The molecule has 38 heavy (non-hydrogen) atoms. The molecule has 0 bridgehead atoms. The van der Waals surface area contributed by atoms with Crippen molar-refractivity contribution < 1.29 is 18.8 Å². The van der Waals surface area contributed by atoms with E-state index in [0.29, 0.717) is 11.3 Å². The number of rotatable bonds is 3. The molecule has 1 amide bonds. The van der Waals surface area contributed by atoms with Gasteiger partial charge in [-0.3, -0.25) is 14.4 Å². The fourth-order valence-electron chi connectivity index (χ4n) is 6.57. The predicted octanol–water partition coefficient (Wildman–Crippen LogP) is 5.72. The van der Waals surface area contributed by atoms with Crippen LogP contribution in [0, 0.1) is 24.1 Å². The molecule has 6 rings (SSSR count). The van der Waals surface area contributed by atoms with Crippen LogP contribution < -0.4 is 10.2 Å². The number of carbonyl (C=O) groups excluding carboxylic acids is 3. The summed E-state index contributed by atoms with van der Waals surface area (Å²) in [5.74, 6) is -2.90. The molecule has 3 heterocycles. The predicted molar refractivity (Wildman–Crippen MR) is 146 cm³/mol. The van der Waals surface area contributed by atoms with E-state index in [-0.39, 0.29) is 17.3 Å². The van der Waals surface area contributed by atoms with Crippen molar-refractivity contribution in [3.8, 4) is 0 Å². The Balaban J connectivity index is 1.70. The van der Waals surface area contributed by atoms with E-state index in [9.17, 15) is 14.4 Å². The number of fused-ring (bicyclic) bond motifs is 6. The van der Waals surface area contributed by atoms with Gasteiger partial charge in [-0.2, -0.15) is 0 Å². The maximum atomic E-state index is 15.1. The lowest BCUT2D eigenvalue weighted by Gasteiger charge is -2.38. The third-order valence-corrected chi connectivity index (χ3v) is 8.22. The highest BCUT2D eigenvalue weighted by atomic mass is 19.1. The Morgan fingerprint density at radius 3 is 2.45 bits per heavy atom. The number of Topliss-reactive ketones (excluding diaryl/α,β-unsaturated/α-hetero) is 2. The third kappa shape index (κ3) is 3.19. The second-order valence-corrected chi connectivity index (χ2v) is 11.5. The molecular formula is C32H29FN2O3. The van der Waals surface area contributed by atoms with Gasteiger partial charge in [-0.1, -0.05) is 74.9 Å². The molecule has 192 valence electrons. The summed E-state index contributed by atoms with van der Waals surface area (Å²) in [6.07, 6.45) is 3.90. The van der Waals surface area contributed by atoms with Crippen LogP contribution in [0.1, 0.15) is 47.8 Å². The van der Waals surface area contributed by atoms with Crippen LogP contribution in [0.3, 0.4) is 0 Å². The fourth-order valence-corrected chi connectivity index (χ4v) is 6.57. The van der Waals surface area contributed by atoms with Gasteiger partial charge in [0.15, 0.2) is 11.6 Å². The van der Waals surface area contributed by atoms with Crippen LogP contribution in [0.5, 0.6) is 0 Å². The maximum absolute atomic E-state index is 15.1. The van der Waals surface area contributed by atoms with Crippen LogP contribution in [-0.4, -0.2) is 29.6 Å². The van der Waals surface area contributed by atoms with Gasteiger partial charge in [-0.05, 0) is 48.4 Å². The van der Waals surface area contributed by atoms with Gasteiger partial charge in [0.25, 0.3) is 0 Å². The van der Waals surface area contributed by atoms with Crippen molar-refractivity contribution >= 4 is 34.9 Å². The van der Waals surface area contributed by atoms with Gasteiger partial charge in [0.1, 0.15) is 17.3 Å². The van der Waals surface area contributed by atoms with Crippen LogP contribution in [0.4, 0.5) is 15.8 Å². The lowest BCUT2D eigenvalue weighted by molar-refractivity contribution is -0.128. The Bertz CT molecular complexity index is 1550. The Morgan fingerprint density at radius 1 is 1.00 bits per heavy atom. The average molecular weight is 509 g/mol. The van der Waals surface area contributed by atoms with Crippen LogP contribution in [0.2, 0.25) is 0 Å². The molecule has 3 aromatic carbocycles. The van der Waals surface area contributed by atoms with Gasteiger partial charge in [0.05, 0.1) is 17.5 Å². The third-order valence-electron chi connectivity index (χ3n) is 8.22. The van der Waals surface area contributed by atoms with Gasteiger partial charge in [0.2, 0.25) is 5.91 Å². The van der Waals surface area contributed by atoms with Crippen molar-refractivity contribution in [2.24, 2.45) is 11.3 Å². The van der Waals surface area contributed by atoms with Gasteiger partial charge < -0.3 is 10.2 Å². The van der Waals surface area contributed by atoms with E-state index >= 15 is 4.39 Å². The summed E-state index contributed by atoms with van der Waals surface area (Å²) in [4.78, 5) is 45.0. The first-order chi connectivity index (χ1) is 18.1. The second-order valence-electron chi connectivity index (χ2n) is 11.5. The monoisotopic (exact) mass is 508 g/mol. The van der Waals surface area contributed by atoms with Crippen molar-refractivity contribution in [3.63, 3.8) is 0 Å². The summed E-state index contributed by atoms with van der Waals surface area (Å²) >= 11 is 0. The van der Waals surface area contributed by atoms with Crippen LogP contribution in [0.15, 0.2) is 72.8 Å². The molecule has 6 heteroatoms. The number of nitrogens with one attached hydrogen (secondary N) is 1. The summed E-state index contributed by atoms with van der Waals surface area (Å²) in [5, 5.41) is 2.99. The van der Waals surface area contributed by atoms with Gasteiger partial charge in [0, 0.05) is 16.8 Å². The van der Waals surface area contributed by atoms with Crippen LogP contribution in [-0.2, 0) is 15.0 Å². The molecule has 3 aliphatic heterocycles. The SMILES string of the molecule is Cc1ccc2c(c1)C=C[C@@H]1N2[C@H](C(=O)C(C)(C)C)[C@H](C(=O)c2ccccc2F)[C@]12C(=O)Nc1ccccc12. The van der Waals surface area contributed by atoms with E-state index in [0.717, 1.165) is 16.8 Å². The Morgan fingerprint density at radius 2 is 1.71 bits per heavy atom. The number of ketones is 2. The minimum atomic E-state index is -1.43. The molecule has 3 aromatic rings. The first-order valence-corrected chi connectivity index (χ1v) is 12.9. The summed E-state index contributed by atoms with van der Waals surface area (Å²) in [6.45, 7) is 7.45. The number of amides is 1. The number of benzene rings is 3. The smallest absolute Gasteiger partial charge is 0.238 e. The summed E-state index contributed by atoms with van der Waals surface area (Å²) in [5.41, 5.74) is 1.64. The molecule has 0 unspecified atom stereocenters. The summed E-state index contributed by atoms with van der Waals surface area (Å²) in [6, 6.07) is 17.4. The number of para-hydroxylation sites is 1. The number of aryl methyl sites for hydroxylation is 1. The number of halogens is 1. The number of carbonyl (C=O) groups is 3. The molecule has 1 saturated heterocycles. The van der Waals surface area contributed by atoms with Gasteiger partial charge in [-0.15, -0.1) is 0 Å². The quantitative estimate of drug-likeness (QED) is 0.460. The summed E-state index contributed by atoms with van der Waals surface area (Å²) < 4.78 is 15.1. The lowest BCUT2D eigenvalue weighted by atomic mass is 9.63. The first kappa shape index (κ1) is 24.3. The standard InChI is InChI=1S/C32H29FN2O3/c1-18-13-15-24-19(17-18)14-16-25-32(21-10-6-8-12-23(21)34-30(32)38)26(27(35(24)25)29(37)31(2,3)4)28(36)20-9-5-7-11-22(20)33/h5-17,25-27H,1-4H3,(H,34,38)/t25-,26+,27-,32+/m0/s1. The highest BCUT2D eigenvalue weighted by molar-refractivity contribution is 6.17. The molecule has 1 spiro atoms. The number of nitrogens with zero attached hydrogens (tertiary/aromatic N) is 1. The summed E-state index contributed by atoms with van der Waals surface area (Å²) in [7, 11) is 0. The van der Waals surface area contributed by atoms with Crippen molar-refractivity contribution in [2.45, 2.75) is 45.2 Å². The minimum Gasteiger partial charge on any atom is -0.352 e. The zero-order valence-corrected chi connectivity index (χ0v) is 21.8. The molecular weight excluding hydrogens is 479 g/mol. The van der Waals surface area contributed by atoms with Crippen LogP contribution in [0.25, 0.3) is 6.08 Å². The van der Waals surface area contributed by atoms with E-state index in [4.69, 9.17) is 0 Å². The number of anilines is 2. The van der Waals surface area contributed by atoms with E-state index < -0.39 is 40.4 Å². The van der Waals surface area contributed by atoms with Crippen molar-refractivity contribution in [1.29, 1.82) is 0 Å². The van der Waals surface area contributed by atoms with Gasteiger partial charge >= 0.3 is 0 Å². The number of hydrogen-bond donors (Lipinski definition) is 1. The zero-order valence-electron chi connectivity index (χ0n) is 21.8. The molecule has 0 radical (unpaired) electrons. The average Bonchev–Trinajstić information content (AvgIpc) is 3.35. The molecule has 0 saturated carbocycles. The maximum Gasteiger partial charge on any atom is 0.238 e. The van der Waals surface area contributed by atoms with E-state index in [1.165, 1.54) is 18.2 Å². The van der Waals surface area contributed by atoms with Gasteiger partial charge in [-0.25, -0.2) is 4.39 Å². The normalized spacial score (nSPS) is 25.1. The molecule has 1 fully saturated rings. The molecule has 5 nitrogen and oxygen atoms in total. The second kappa shape index (κ2) is 8.22. The fraction of sp³-hybridized carbons (Fsp3) is 0.281. The van der Waals surface area contributed by atoms with Crippen LogP contribution >= 0.6 is 0 Å². The molecule has 4 atom stereocenters. The molecule has 0 aromatic heterocycles. The van der Waals surface area contributed by atoms with E-state index in [1.54, 1.807) is 12.1 Å². The van der Waals surface area contributed by atoms with Crippen molar-refractivity contribution in [3.05, 3.63) is 101 Å². The topological polar surface area (TPSA) is 66.5 Å². The zero-order chi connectivity index (χ0) is 27.0. The Kier molecular flexibility index (Phi) is 5.25.